The second kappa shape index (κ2) is 15.4. The van der Waals surface area contributed by atoms with E-state index in [1.165, 1.54) is 88.7 Å². The number of rotatable bonds is 8. The monoisotopic (exact) mass is 791 g/mol. The summed E-state index contributed by atoms with van der Waals surface area (Å²) in [5.74, 6) is 0. The number of hydrogen-bond acceptors (Lipinski definition) is 1. The molecule has 0 unspecified atom stereocenters. The maximum atomic E-state index is 2.43. The molecule has 1 heteroatoms. The lowest BCUT2D eigenvalue weighted by atomic mass is 9.82. The van der Waals surface area contributed by atoms with Crippen LogP contribution in [0.5, 0.6) is 0 Å². The molecule has 0 amide bonds. The molecule has 62 heavy (non-hydrogen) atoms. The van der Waals surface area contributed by atoms with Gasteiger partial charge in [-0.05, 0) is 131 Å². The van der Waals surface area contributed by atoms with Gasteiger partial charge in [0.1, 0.15) is 0 Å². The van der Waals surface area contributed by atoms with Gasteiger partial charge in [-0.15, -0.1) is 0 Å². The van der Waals surface area contributed by atoms with Crippen molar-refractivity contribution in [3.63, 3.8) is 0 Å². The van der Waals surface area contributed by atoms with Crippen LogP contribution in [0.1, 0.15) is 25.0 Å². The van der Waals surface area contributed by atoms with E-state index in [9.17, 15) is 0 Å². The summed E-state index contributed by atoms with van der Waals surface area (Å²) in [7, 11) is 0. The zero-order chi connectivity index (χ0) is 41.6. The summed E-state index contributed by atoms with van der Waals surface area (Å²) >= 11 is 0. The van der Waals surface area contributed by atoms with Crippen LogP contribution in [0.15, 0.2) is 237 Å². The largest absolute Gasteiger partial charge is 0.310 e. The first kappa shape index (κ1) is 37.3. The molecule has 1 aliphatic rings. The summed E-state index contributed by atoms with van der Waals surface area (Å²) in [6, 6.07) is 86.7. The predicted molar refractivity (Wildman–Crippen MR) is 263 cm³/mol. The topological polar surface area (TPSA) is 3.24 Å². The van der Waals surface area contributed by atoms with Crippen LogP contribution < -0.4 is 4.90 Å². The second-order valence-corrected chi connectivity index (χ2v) is 16.9. The molecule has 10 aromatic carbocycles. The maximum absolute atomic E-state index is 2.43. The van der Waals surface area contributed by atoms with E-state index in [-0.39, 0.29) is 5.41 Å². The standard InChI is InChI=1S/C61H45N/c1-61(2)58-30-14-13-26-55(58)56-38-37-51(41-59(56)61)62(50-24-15-23-47(40-50)48-32-31-42-17-9-10-22-46(42)39-48)49-35-33-45(34-36-49)54-29-16-28-53(44-20-7-4-8-21-44)60(54)57-27-12-11-25-52(57)43-18-5-3-6-19-43/h3-41H,1-2H3. The molecule has 0 saturated carbocycles. The van der Waals surface area contributed by atoms with Gasteiger partial charge in [0, 0.05) is 22.5 Å². The fraction of sp³-hybridized carbons (Fsp3) is 0.0492. The highest BCUT2D eigenvalue weighted by Gasteiger charge is 2.35. The van der Waals surface area contributed by atoms with Crippen molar-refractivity contribution >= 4 is 27.8 Å². The zero-order valence-corrected chi connectivity index (χ0v) is 35.0. The van der Waals surface area contributed by atoms with Crippen molar-refractivity contribution in [3.05, 3.63) is 248 Å². The van der Waals surface area contributed by atoms with Gasteiger partial charge in [0.05, 0.1) is 0 Å². The van der Waals surface area contributed by atoms with E-state index >= 15 is 0 Å². The highest BCUT2D eigenvalue weighted by Crippen LogP contribution is 2.51. The Morgan fingerprint density at radius 2 is 0.758 bits per heavy atom. The Morgan fingerprint density at radius 1 is 0.274 bits per heavy atom. The number of anilines is 3. The van der Waals surface area contributed by atoms with Gasteiger partial charge in [0.25, 0.3) is 0 Å². The van der Waals surface area contributed by atoms with Gasteiger partial charge in [0.2, 0.25) is 0 Å². The average Bonchev–Trinajstić information content (AvgIpc) is 3.57. The van der Waals surface area contributed by atoms with E-state index in [4.69, 9.17) is 0 Å². The summed E-state index contributed by atoms with van der Waals surface area (Å²) < 4.78 is 0. The average molecular weight is 792 g/mol. The Kier molecular flexibility index (Phi) is 9.24. The fourth-order valence-corrected chi connectivity index (χ4v) is 9.77. The SMILES string of the molecule is CC1(C)c2ccccc2-c2ccc(N(c3ccc(-c4cccc(-c5ccccc5)c4-c4ccccc4-c4ccccc4)cc3)c3cccc(-c4ccc5ccccc5c4)c3)cc21. The van der Waals surface area contributed by atoms with Gasteiger partial charge < -0.3 is 4.90 Å². The van der Waals surface area contributed by atoms with Crippen LogP contribution in [-0.2, 0) is 5.41 Å². The summed E-state index contributed by atoms with van der Waals surface area (Å²) in [5, 5.41) is 2.49. The third kappa shape index (κ3) is 6.51. The van der Waals surface area contributed by atoms with E-state index in [1.54, 1.807) is 0 Å². The Hall–Kier alpha value is -7.74. The molecule has 0 heterocycles. The van der Waals surface area contributed by atoms with Crippen LogP contribution in [0, 0.1) is 0 Å². The zero-order valence-electron chi connectivity index (χ0n) is 35.0. The highest BCUT2D eigenvalue weighted by atomic mass is 15.1. The minimum Gasteiger partial charge on any atom is -0.310 e. The number of benzene rings is 10. The summed E-state index contributed by atoms with van der Waals surface area (Å²) in [5.41, 5.74) is 20.6. The van der Waals surface area contributed by atoms with Gasteiger partial charge in [-0.25, -0.2) is 0 Å². The summed E-state index contributed by atoms with van der Waals surface area (Å²) in [4.78, 5) is 2.43. The highest BCUT2D eigenvalue weighted by molar-refractivity contribution is 6.00. The van der Waals surface area contributed by atoms with Gasteiger partial charge in [-0.2, -0.15) is 0 Å². The van der Waals surface area contributed by atoms with E-state index in [1.807, 2.05) is 0 Å². The molecule has 11 rings (SSSR count). The number of hydrogen-bond donors (Lipinski definition) is 0. The molecule has 0 N–H and O–H groups in total. The third-order valence-corrected chi connectivity index (χ3v) is 12.9. The van der Waals surface area contributed by atoms with Crippen LogP contribution in [0.3, 0.4) is 0 Å². The third-order valence-electron chi connectivity index (χ3n) is 12.9. The van der Waals surface area contributed by atoms with Crippen LogP contribution in [-0.4, -0.2) is 0 Å². The number of fused-ring (bicyclic) bond motifs is 4. The molecule has 1 nitrogen and oxygen atoms in total. The van der Waals surface area contributed by atoms with Crippen molar-refractivity contribution in [3.8, 4) is 66.8 Å². The predicted octanol–water partition coefficient (Wildman–Crippen LogP) is 17.0. The summed E-state index contributed by atoms with van der Waals surface area (Å²) in [6.07, 6.45) is 0. The normalized spacial score (nSPS) is 12.5. The molecule has 294 valence electrons. The lowest BCUT2D eigenvalue weighted by Gasteiger charge is -2.29. The first-order valence-electron chi connectivity index (χ1n) is 21.6. The Bertz CT molecular complexity index is 3250. The molecule has 0 atom stereocenters. The lowest BCUT2D eigenvalue weighted by molar-refractivity contribution is 0.660. The Morgan fingerprint density at radius 3 is 1.50 bits per heavy atom. The van der Waals surface area contributed by atoms with Gasteiger partial charge in [-0.3, -0.25) is 0 Å². The van der Waals surface area contributed by atoms with Crippen molar-refractivity contribution in [2.75, 3.05) is 4.90 Å². The fourth-order valence-electron chi connectivity index (χ4n) is 9.77. The van der Waals surface area contributed by atoms with E-state index in [0.29, 0.717) is 0 Å². The molecule has 0 radical (unpaired) electrons. The van der Waals surface area contributed by atoms with Crippen LogP contribution in [0.2, 0.25) is 0 Å². The molecular weight excluding hydrogens is 747 g/mol. The Balaban J connectivity index is 1.07. The maximum Gasteiger partial charge on any atom is 0.0467 e. The first-order valence-corrected chi connectivity index (χ1v) is 21.6. The van der Waals surface area contributed by atoms with Crippen LogP contribution in [0.25, 0.3) is 77.5 Å². The molecular formula is C61H45N. The Labute approximate surface area is 364 Å². The molecule has 0 aromatic heterocycles. The van der Waals surface area contributed by atoms with E-state index < -0.39 is 0 Å². The molecule has 1 aliphatic carbocycles. The van der Waals surface area contributed by atoms with Gasteiger partial charge in [-0.1, -0.05) is 208 Å². The second-order valence-electron chi connectivity index (χ2n) is 16.9. The molecule has 10 aromatic rings. The molecule has 0 spiro atoms. The molecule has 0 fully saturated rings. The van der Waals surface area contributed by atoms with Crippen molar-refractivity contribution in [1.82, 2.24) is 0 Å². The molecule has 0 saturated heterocycles. The van der Waals surface area contributed by atoms with Crippen molar-refractivity contribution in [1.29, 1.82) is 0 Å². The minimum atomic E-state index is -0.124. The van der Waals surface area contributed by atoms with Crippen LogP contribution in [0.4, 0.5) is 17.1 Å². The summed E-state index contributed by atoms with van der Waals surface area (Å²) in [6.45, 7) is 4.72. The van der Waals surface area contributed by atoms with Crippen molar-refractivity contribution in [2.24, 2.45) is 0 Å². The van der Waals surface area contributed by atoms with Crippen LogP contribution >= 0.6 is 0 Å². The van der Waals surface area contributed by atoms with E-state index in [0.717, 1.165) is 17.1 Å². The quantitative estimate of drug-likeness (QED) is 0.148. The van der Waals surface area contributed by atoms with Crippen molar-refractivity contribution in [2.45, 2.75) is 19.3 Å². The smallest absolute Gasteiger partial charge is 0.0467 e. The first-order chi connectivity index (χ1) is 30.5. The number of nitrogens with zero attached hydrogens (tertiary/aromatic N) is 1. The van der Waals surface area contributed by atoms with Gasteiger partial charge in [0.15, 0.2) is 0 Å². The molecule has 0 aliphatic heterocycles. The lowest BCUT2D eigenvalue weighted by Crippen LogP contribution is -2.16. The molecule has 0 bridgehead atoms. The van der Waals surface area contributed by atoms with E-state index in [2.05, 4.69) is 255 Å². The minimum absolute atomic E-state index is 0.124. The van der Waals surface area contributed by atoms with Gasteiger partial charge >= 0.3 is 0 Å². The van der Waals surface area contributed by atoms with Crippen molar-refractivity contribution < 1.29 is 0 Å².